The molecule has 0 unspecified atom stereocenters. The summed E-state index contributed by atoms with van der Waals surface area (Å²) in [6, 6.07) is 11.6. The van der Waals surface area contributed by atoms with E-state index in [1.807, 2.05) is 38.1 Å². The van der Waals surface area contributed by atoms with Gasteiger partial charge >= 0.3 is 6.61 Å². The second-order valence-electron chi connectivity index (χ2n) is 5.73. The van der Waals surface area contributed by atoms with Crippen molar-refractivity contribution in [2.24, 2.45) is 0 Å². The lowest BCUT2D eigenvalue weighted by Crippen LogP contribution is -2.14. The number of aryl methyl sites for hydroxylation is 2. The Morgan fingerprint density at radius 1 is 1.19 bits per heavy atom. The molecule has 5 nitrogen and oxygen atoms in total. The van der Waals surface area contributed by atoms with E-state index in [0.29, 0.717) is 11.3 Å². The highest BCUT2D eigenvalue weighted by Crippen LogP contribution is 2.30. The number of anilines is 1. The van der Waals surface area contributed by atoms with Crippen LogP contribution in [0, 0.1) is 25.2 Å². The van der Waals surface area contributed by atoms with Gasteiger partial charge in [-0.1, -0.05) is 18.2 Å². The minimum atomic E-state index is -2.99. The van der Waals surface area contributed by atoms with Crippen LogP contribution < -0.4 is 14.8 Å². The first-order chi connectivity index (χ1) is 12.8. The van der Waals surface area contributed by atoms with Crippen molar-refractivity contribution in [2.75, 3.05) is 12.4 Å². The van der Waals surface area contributed by atoms with Gasteiger partial charge < -0.3 is 14.8 Å². The minimum absolute atomic E-state index is 0.0660. The number of benzene rings is 2. The van der Waals surface area contributed by atoms with Gasteiger partial charge in [-0.05, 0) is 54.8 Å². The van der Waals surface area contributed by atoms with Gasteiger partial charge in [0.25, 0.3) is 5.91 Å². The molecule has 0 aromatic heterocycles. The van der Waals surface area contributed by atoms with Gasteiger partial charge in [0.15, 0.2) is 11.5 Å². The number of nitrogens with one attached hydrogen (secondary N) is 1. The average molecular weight is 372 g/mol. The number of rotatable bonds is 6. The molecule has 2 aromatic rings. The van der Waals surface area contributed by atoms with E-state index in [1.54, 1.807) is 0 Å². The van der Waals surface area contributed by atoms with E-state index in [1.165, 1.54) is 31.4 Å². The van der Waals surface area contributed by atoms with Gasteiger partial charge in [0.1, 0.15) is 11.6 Å². The highest BCUT2D eigenvalue weighted by Gasteiger charge is 2.14. The summed E-state index contributed by atoms with van der Waals surface area (Å²) in [6.45, 7) is 0.751. The fourth-order valence-electron chi connectivity index (χ4n) is 2.34. The molecule has 0 saturated heterocycles. The van der Waals surface area contributed by atoms with Gasteiger partial charge in [-0.25, -0.2) is 0 Å². The lowest BCUT2D eigenvalue weighted by Gasteiger charge is -2.11. The van der Waals surface area contributed by atoms with E-state index < -0.39 is 12.5 Å². The first-order valence-corrected chi connectivity index (χ1v) is 7.97. The molecule has 0 aliphatic rings. The Bertz CT molecular complexity index is 918. The number of carbonyl (C=O) groups is 1. The largest absolute Gasteiger partial charge is 0.493 e. The summed E-state index contributed by atoms with van der Waals surface area (Å²) >= 11 is 0. The maximum Gasteiger partial charge on any atom is 0.387 e. The number of carbonyl (C=O) groups excluding carboxylic acids is 1. The van der Waals surface area contributed by atoms with Crippen LogP contribution in [-0.2, 0) is 4.79 Å². The highest BCUT2D eigenvalue weighted by atomic mass is 19.3. The maximum absolute atomic E-state index is 12.4. The number of hydrogen-bond acceptors (Lipinski definition) is 4. The van der Waals surface area contributed by atoms with E-state index >= 15 is 0 Å². The Kier molecular flexibility index (Phi) is 6.50. The van der Waals surface area contributed by atoms with Crippen LogP contribution in [0.5, 0.6) is 11.5 Å². The molecule has 0 saturated carbocycles. The zero-order valence-electron chi connectivity index (χ0n) is 15.0. The normalized spacial score (nSPS) is 11.1. The molecule has 0 atom stereocenters. The molecule has 0 spiro atoms. The van der Waals surface area contributed by atoms with Crippen LogP contribution in [0.15, 0.2) is 42.0 Å². The molecule has 0 bridgehead atoms. The van der Waals surface area contributed by atoms with Crippen LogP contribution in [-0.4, -0.2) is 19.6 Å². The van der Waals surface area contributed by atoms with Crippen LogP contribution >= 0.6 is 0 Å². The Morgan fingerprint density at radius 2 is 1.93 bits per heavy atom. The highest BCUT2D eigenvalue weighted by molar-refractivity contribution is 6.10. The summed E-state index contributed by atoms with van der Waals surface area (Å²) in [7, 11) is 1.31. The van der Waals surface area contributed by atoms with Crippen molar-refractivity contribution in [3.8, 4) is 17.6 Å². The monoisotopic (exact) mass is 372 g/mol. The second-order valence-corrected chi connectivity index (χ2v) is 5.73. The summed E-state index contributed by atoms with van der Waals surface area (Å²) in [5.74, 6) is -0.641. The Labute approximate surface area is 155 Å². The number of hydrogen-bond donors (Lipinski definition) is 1. The molecule has 0 heterocycles. The van der Waals surface area contributed by atoms with Crippen molar-refractivity contribution in [1.29, 1.82) is 5.26 Å². The zero-order chi connectivity index (χ0) is 20.0. The van der Waals surface area contributed by atoms with E-state index in [-0.39, 0.29) is 17.1 Å². The number of alkyl halides is 2. The Balaban J connectivity index is 2.28. The predicted molar refractivity (Wildman–Crippen MR) is 97.8 cm³/mol. The molecule has 0 fully saturated rings. The van der Waals surface area contributed by atoms with Gasteiger partial charge in [0.05, 0.1) is 7.11 Å². The van der Waals surface area contributed by atoms with Crippen LogP contribution in [0.3, 0.4) is 0 Å². The topological polar surface area (TPSA) is 71.3 Å². The molecule has 1 N–H and O–H groups in total. The maximum atomic E-state index is 12.4. The molecule has 2 aromatic carbocycles. The van der Waals surface area contributed by atoms with Crippen LogP contribution in [0.25, 0.3) is 6.08 Å². The molecular formula is C20H18F2N2O3. The van der Waals surface area contributed by atoms with E-state index in [9.17, 15) is 18.8 Å². The number of methoxy groups -OCH3 is 1. The van der Waals surface area contributed by atoms with Crippen molar-refractivity contribution >= 4 is 17.7 Å². The number of ether oxygens (including phenoxy) is 2. The summed E-state index contributed by atoms with van der Waals surface area (Å²) in [5.41, 5.74) is 2.74. The third-order valence-corrected chi connectivity index (χ3v) is 3.72. The molecule has 27 heavy (non-hydrogen) atoms. The van der Waals surface area contributed by atoms with Crippen LogP contribution in [0.1, 0.15) is 16.7 Å². The van der Waals surface area contributed by atoms with Crippen LogP contribution in [0.4, 0.5) is 14.5 Å². The molecule has 2 rings (SSSR count). The number of amides is 1. The van der Waals surface area contributed by atoms with Crippen molar-refractivity contribution in [1.82, 2.24) is 0 Å². The average Bonchev–Trinajstić information content (AvgIpc) is 2.63. The fourth-order valence-corrected chi connectivity index (χ4v) is 2.34. The number of nitrogens with zero attached hydrogens (tertiary/aromatic N) is 1. The first kappa shape index (κ1) is 19.9. The fraction of sp³-hybridized carbons (Fsp3) is 0.200. The summed E-state index contributed by atoms with van der Waals surface area (Å²) < 4.78 is 34.1. The smallest absolute Gasteiger partial charge is 0.387 e. The third-order valence-electron chi connectivity index (χ3n) is 3.72. The van der Waals surface area contributed by atoms with Gasteiger partial charge in [0, 0.05) is 5.69 Å². The molecule has 0 aliphatic heterocycles. The molecule has 7 heteroatoms. The molecular weight excluding hydrogens is 354 g/mol. The number of nitriles is 1. The molecule has 0 aliphatic carbocycles. The SMILES string of the molecule is COc1cc(/C=C(\C#N)C(=O)Nc2cc(C)ccc2C)ccc1OC(F)F. The summed E-state index contributed by atoms with van der Waals surface area (Å²) in [5, 5.41) is 12.0. The van der Waals surface area contributed by atoms with Crippen LogP contribution in [0.2, 0.25) is 0 Å². The van der Waals surface area contributed by atoms with Crippen molar-refractivity contribution in [3.63, 3.8) is 0 Å². The van der Waals surface area contributed by atoms with E-state index in [2.05, 4.69) is 10.1 Å². The third kappa shape index (κ3) is 5.28. The van der Waals surface area contributed by atoms with Crippen molar-refractivity contribution in [3.05, 3.63) is 58.7 Å². The van der Waals surface area contributed by atoms with Gasteiger partial charge in [-0.3, -0.25) is 4.79 Å². The second kappa shape index (κ2) is 8.81. The summed E-state index contributed by atoms with van der Waals surface area (Å²) in [4.78, 5) is 12.4. The first-order valence-electron chi connectivity index (χ1n) is 7.97. The zero-order valence-corrected chi connectivity index (χ0v) is 15.0. The van der Waals surface area contributed by atoms with Gasteiger partial charge in [-0.2, -0.15) is 14.0 Å². The Hall–Kier alpha value is -3.40. The molecule has 140 valence electrons. The van der Waals surface area contributed by atoms with Gasteiger partial charge in [0.2, 0.25) is 0 Å². The minimum Gasteiger partial charge on any atom is -0.493 e. The lowest BCUT2D eigenvalue weighted by atomic mass is 10.1. The van der Waals surface area contributed by atoms with E-state index in [4.69, 9.17) is 4.74 Å². The quantitative estimate of drug-likeness (QED) is 0.600. The Morgan fingerprint density at radius 3 is 2.56 bits per heavy atom. The summed E-state index contributed by atoms with van der Waals surface area (Å²) in [6.07, 6.45) is 1.34. The predicted octanol–water partition coefficient (Wildman–Crippen LogP) is 4.46. The molecule has 0 radical (unpaired) electrons. The molecule has 1 amide bonds. The number of halogens is 2. The van der Waals surface area contributed by atoms with Gasteiger partial charge in [-0.15, -0.1) is 0 Å². The van der Waals surface area contributed by atoms with Crippen molar-refractivity contribution < 1.29 is 23.0 Å². The van der Waals surface area contributed by atoms with Crippen molar-refractivity contribution in [2.45, 2.75) is 20.5 Å². The van der Waals surface area contributed by atoms with E-state index in [0.717, 1.165) is 11.1 Å². The standard InChI is InChI=1S/C20H18F2N2O3/c1-12-4-5-13(2)16(8-12)24-19(25)15(11-23)9-14-6-7-17(27-20(21)22)18(10-14)26-3/h4-10,20H,1-3H3,(H,24,25)/b15-9+. The lowest BCUT2D eigenvalue weighted by molar-refractivity contribution is -0.112.